The van der Waals surface area contributed by atoms with E-state index in [1.54, 1.807) is 0 Å². The number of likely N-dealkylation sites (tertiary alicyclic amines) is 1. The SMILES string of the molecule is CC(C)[C@H](N)C(=O)NC1CCN(C)C1. The molecule has 0 radical (unpaired) electrons. The molecule has 4 nitrogen and oxygen atoms in total. The van der Waals surface area contributed by atoms with E-state index in [0.717, 1.165) is 19.5 Å². The van der Waals surface area contributed by atoms with Crippen molar-refractivity contribution in [1.82, 2.24) is 10.2 Å². The van der Waals surface area contributed by atoms with Crippen LogP contribution >= 0.6 is 0 Å². The second-order valence-electron chi connectivity index (χ2n) is 4.53. The van der Waals surface area contributed by atoms with Crippen molar-refractivity contribution in [2.75, 3.05) is 20.1 Å². The van der Waals surface area contributed by atoms with E-state index in [1.165, 1.54) is 0 Å². The fourth-order valence-corrected chi connectivity index (χ4v) is 1.65. The Balaban J connectivity index is 2.33. The summed E-state index contributed by atoms with van der Waals surface area (Å²) in [5.41, 5.74) is 5.75. The summed E-state index contributed by atoms with van der Waals surface area (Å²) in [5.74, 6) is 0.189. The maximum atomic E-state index is 11.6. The van der Waals surface area contributed by atoms with Crippen LogP contribution < -0.4 is 11.1 Å². The summed E-state index contributed by atoms with van der Waals surface area (Å²) in [7, 11) is 2.06. The smallest absolute Gasteiger partial charge is 0.237 e. The van der Waals surface area contributed by atoms with E-state index in [0.29, 0.717) is 0 Å². The molecule has 0 aromatic heterocycles. The molecule has 1 aliphatic heterocycles. The Hall–Kier alpha value is -0.610. The topological polar surface area (TPSA) is 58.4 Å². The zero-order chi connectivity index (χ0) is 10.7. The summed E-state index contributed by atoms with van der Waals surface area (Å²) < 4.78 is 0. The Bertz CT molecular complexity index is 206. The Kier molecular flexibility index (Phi) is 3.89. The number of likely N-dealkylation sites (N-methyl/N-ethyl adjacent to an activating group) is 1. The highest BCUT2D eigenvalue weighted by atomic mass is 16.2. The van der Waals surface area contributed by atoms with Crippen molar-refractivity contribution in [3.63, 3.8) is 0 Å². The molecule has 1 saturated heterocycles. The Morgan fingerprint density at radius 2 is 2.21 bits per heavy atom. The molecule has 0 bridgehead atoms. The van der Waals surface area contributed by atoms with E-state index < -0.39 is 0 Å². The Morgan fingerprint density at radius 3 is 2.64 bits per heavy atom. The second-order valence-corrected chi connectivity index (χ2v) is 4.53. The largest absolute Gasteiger partial charge is 0.351 e. The molecule has 0 saturated carbocycles. The molecule has 0 aromatic rings. The van der Waals surface area contributed by atoms with Crippen molar-refractivity contribution in [1.29, 1.82) is 0 Å². The first-order valence-corrected chi connectivity index (χ1v) is 5.25. The summed E-state index contributed by atoms with van der Waals surface area (Å²) >= 11 is 0. The van der Waals surface area contributed by atoms with Crippen LogP contribution in [-0.2, 0) is 4.79 Å². The second kappa shape index (κ2) is 4.75. The van der Waals surface area contributed by atoms with E-state index in [1.807, 2.05) is 13.8 Å². The summed E-state index contributed by atoms with van der Waals surface area (Å²) in [4.78, 5) is 13.8. The van der Waals surface area contributed by atoms with Gasteiger partial charge in [0, 0.05) is 12.6 Å². The molecular weight excluding hydrogens is 178 g/mol. The van der Waals surface area contributed by atoms with Crippen molar-refractivity contribution in [3.05, 3.63) is 0 Å². The third-order valence-electron chi connectivity index (χ3n) is 2.76. The summed E-state index contributed by atoms with van der Waals surface area (Å²) in [6.07, 6.45) is 1.03. The van der Waals surface area contributed by atoms with Crippen molar-refractivity contribution in [3.8, 4) is 0 Å². The number of amides is 1. The number of carbonyl (C=O) groups excluding carboxylic acids is 1. The minimum atomic E-state index is -0.374. The van der Waals surface area contributed by atoms with Crippen molar-refractivity contribution < 1.29 is 4.79 Å². The molecule has 82 valence electrons. The minimum absolute atomic E-state index is 0.0136. The quantitative estimate of drug-likeness (QED) is 0.661. The number of nitrogens with zero attached hydrogens (tertiary/aromatic N) is 1. The van der Waals surface area contributed by atoms with Gasteiger partial charge >= 0.3 is 0 Å². The molecule has 1 unspecified atom stereocenters. The maximum absolute atomic E-state index is 11.6. The van der Waals surface area contributed by atoms with Crippen LogP contribution in [0.15, 0.2) is 0 Å². The Morgan fingerprint density at radius 1 is 1.57 bits per heavy atom. The summed E-state index contributed by atoms with van der Waals surface area (Å²) in [6.45, 7) is 5.93. The highest BCUT2D eigenvalue weighted by Crippen LogP contribution is 2.07. The Labute approximate surface area is 85.8 Å². The van der Waals surface area contributed by atoms with Gasteiger partial charge in [-0.3, -0.25) is 4.79 Å². The monoisotopic (exact) mass is 199 g/mol. The zero-order valence-electron chi connectivity index (χ0n) is 9.29. The van der Waals surface area contributed by atoms with Crippen LogP contribution in [0, 0.1) is 5.92 Å². The average molecular weight is 199 g/mol. The van der Waals surface area contributed by atoms with Crippen molar-refractivity contribution in [2.24, 2.45) is 11.7 Å². The van der Waals surface area contributed by atoms with E-state index >= 15 is 0 Å². The van der Waals surface area contributed by atoms with E-state index in [9.17, 15) is 4.79 Å². The number of rotatable bonds is 3. The molecule has 2 atom stereocenters. The van der Waals surface area contributed by atoms with Crippen LogP contribution in [0.2, 0.25) is 0 Å². The summed E-state index contributed by atoms with van der Waals surface area (Å²) in [5, 5.41) is 2.98. The van der Waals surface area contributed by atoms with Crippen LogP contribution in [-0.4, -0.2) is 43.0 Å². The van der Waals surface area contributed by atoms with Gasteiger partial charge < -0.3 is 16.0 Å². The molecule has 14 heavy (non-hydrogen) atoms. The predicted octanol–water partition coefficient (Wildman–Crippen LogP) is -0.210. The molecule has 1 fully saturated rings. The van der Waals surface area contributed by atoms with Gasteiger partial charge in [-0.1, -0.05) is 13.8 Å². The highest BCUT2D eigenvalue weighted by molar-refractivity contribution is 5.82. The molecule has 0 spiro atoms. The molecule has 1 amide bonds. The summed E-state index contributed by atoms with van der Waals surface area (Å²) in [6, 6.07) is -0.0850. The third-order valence-corrected chi connectivity index (χ3v) is 2.76. The maximum Gasteiger partial charge on any atom is 0.237 e. The molecule has 1 aliphatic rings. The molecule has 1 rings (SSSR count). The zero-order valence-corrected chi connectivity index (χ0v) is 9.29. The minimum Gasteiger partial charge on any atom is -0.351 e. The average Bonchev–Trinajstić information content (AvgIpc) is 2.49. The number of nitrogens with two attached hydrogens (primary N) is 1. The number of nitrogens with one attached hydrogen (secondary N) is 1. The molecular formula is C10H21N3O. The molecule has 0 aliphatic carbocycles. The van der Waals surface area contributed by atoms with Crippen LogP contribution in [0.4, 0.5) is 0 Å². The molecule has 3 N–H and O–H groups in total. The highest BCUT2D eigenvalue weighted by Gasteiger charge is 2.24. The molecule has 0 aromatic carbocycles. The van der Waals surface area contributed by atoms with E-state index in [4.69, 9.17) is 5.73 Å². The lowest BCUT2D eigenvalue weighted by Crippen LogP contribution is -2.48. The van der Waals surface area contributed by atoms with Crippen molar-refractivity contribution >= 4 is 5.91 Å². The van der Waals surface area contributed by atoms with Crippen LogP contribution in [0.3, 0.4) is 0 Å². The first-order valence-electron chi connectivity index (χ1n) is 5.25. The van der Waals surface area contributed by atoms with Crippen LogP contribution in [0.5, 0.6) is 0 Å². The fourth-order valence-electron chi connectivity index (χ4n) is 1.65. The van der Waals surface area contributed by atoms with Gasteiger partial charge in [-0.05, 0) is 25.9 Å². The molecule has 1 heterocycles. The predicted molar refractivity (Wildman–Crippen MR) is 56.9 cm³/mol. The standard InChI is InChI=1S/C10H21N3O/c1-7(2)9(11)10(14)12-8-4-5-13(3)6-8/h7-9H,4-6,11H2,1-3H3,(H,12,14)/t8?,9-/m0/s1. The van der Waals surface area contributed by atoms with Crippen LogP contribution in [0.1, 0.15) is 20.3 Å². The van der Waals surface area contributed by atoms with Gasteiger partial charge in [0.25, 0.3) is 0 Å². The third kappa shape index (κ3) is 2.96. The molecule has 4 heteroatoms. The fraction of sp³-hybridized carbons (Fsp3) is 0.900. The van der Waals surface area contributed by atoms with Gasteiger partial charge in [-0.25, -0.2) is 0 Å². The lowest BCUT2D eigenvalue weighted by Gasteiger charge is -2.19. The normalized spacial score (nSPS) is 25.4. The van der Waals surface area contributed by atoms with Gasteiger partial charge in [0.05, 0.1) is 6.04 Å². The van der Waals surface area contributed by atoms with Gasteiger partial charge in [-0.15, -0.1) is 0 Å². The lowest BCUT2D eigenvalue weighted by atomic mass is 10.0. The van der Waals surface area contributed by atoms with Crippen LogP contribution in [0.25, 0.3) is 0 Å². The van der Waals surface area contributed by atoms with E-state index in [-0.39, 0.29) is 23.9 Å². The van der Waals surface area contributed by atoms with Gasteiger partial charge in [-0.2, -0.15) is 0 Å². The first kappa shape index (κ1) is 11.5. The van der Waals surface area contributed by atoms with Crippen molar-refractivity contribution in [2.45, 2.75) is 32.4 Å². The van der Waals surface area contributed by atoms with E-state index in [2.05, 4.69) is 17.3 Å². The number of carbonyl (C=O) groups is 1. The lowest BCUT2D eigenvalue weighted by molar-refractivity contribution is -0.123. The number of hydrogen-bond donors (Lipinski definition) is 2. The van der Waals surface area contributed by atoms with Gasteiger partial charge in [0.2, 0.25) is 5.91 Å². The number of hydrogen-bond acceptors (Lipinski definition) is 3. The van der Waals surface area contributed by atoms with Gasteiger partial charge in [0.15, 0.2) is 0 Å². The first-order chi connectivity index (χ1) is 6.50. The van der Waals surface area contributed by atoms with Gasteiger partial charge in [0.1, 0.15) is 0 Å².